The van der Waals surface area contributed by atoms with Crippen LogP contribution >= 0.6 is 0 Å². The van der Waals surface area contributed by atoms with Gasteiger partial charge in [0.05, 0.1) is 36.3 Å². The summed E-state index contributed by atoms with van der Waals surface area (Å²) in [5.41, 5.74) is 3.03. The third-order valence-electron chi connectivity index (χ3n) is 5.92. The largest absolute Gasteiger partial charge is 0.439 e. The van der Waals surface area contributed by atoms with Crippen molar-refractivity contribution in [2.75, 3.05) is 26.3 Å². The van der Waals surface area contributed by atoms with Crippen LogP contribution in [0.3, 0.4) is 0 Å². The van der Waals surface area contributed by atoms with Crippen molar-refractivity contribution in [3.05, 3.63) is 84.6 Å². The molecule has 0 bridgehead atoms. The molecule has 1 unspecified atom stereocenters. The maximum Gasteiger partial charge on any atom is 0.227 e. The standard InChI is InChI=1S/C28H35N3O3/c1-3-17-33-21-24(32)19-30(18-22-15-16-22)20-26-27(4-2)29-31(23-11-7-5-8-12-23)28(26)34-25-13-9-6-10-14-25/h3,5-14,22,24,32H,1,4,15-21H2,2H3. The number of hydrogen-bond donors (Lipinski definition) is 1. The molecule has 2 aromatic carbocycles. The molecule has 6 nitrogen and oxygen atoms in total. The predicted molar refractivity (Wildman–Crippen MR) is 134 cm³/mol. The molecule has 0 saturated heterocycles. The summed E-state index contributed by atoms with van der Waals surface area (Å²) in [7, 11) is 0. The monoisotopic (exact) mass is 461 g/mol. The first-order chi connectivity index (χ1) is 16.7. The van der Waals surface area contributed by atoms with Crippen molar-refractivity contribution in [3.63, 3.8) is 0 Å². The maximum atomic E-state index is 10.6. The molecule has 1 aromatic heterocycles. The van der Waals surface area contributed by atoms with E-state index in [0.717, 1.165) is 41.5 Å². The number of aromatic nitrogens is 2. The number of aryl methyl sites for hydroxylation is 1. The molecule has 1 fully saturated rings. The highest BCUT2D eigenvalue weighted by Gasteiger charge is 2.28. The van der Waals surface area contributed by atoms with Gasteiger partial charge in [-0.25, -0.2) is 4.68 Å². The van der Waals surface area contributed by atoms with E-state index < -0.39 is 6.10 Å². The van der Waals surface area contributed by atoms with Gasteiger partial charge in [-0.1, -0.05) is 49.4 Å². The number of rotatable bonds is 14. The number of nitrogens with zero attached hydrogens (tertiary/aromatic N) is 3. The summed E-state index contributed by atoms with van der Waals surface area (Å²) >= 11 is 0. The Kier molecular flexibility index (Phi) is 8.52. The summed E-state index contributed by atoms with van der Waals surface area (Å²) < 4.78 is 13.9. The average molecular weight is 462 g/mol. The molecule has 34 heavy (non-hydrogen) atoms. The zero-order valence-electron chi connectivity index (χ0n) is 20.0. The van der Waals surface area contributed by atoms with Crippen LogP contribution in [0.4, 0.5) is 0 Å². The summed E-state index contributed by atoms with van der Waals surface area (Å²) in [4.78, 5) is 2.32. The minimum atomic E-state index is -0.563. The van der Waals surface area contributed by atoms with Gasteiger partial charge in [0.1, 0.15) is 5.75 Å². The van der Waals surface area contributed by atoms with E-state index in [1.165, 1.54) is 12.8 Å². The quantitative estimate of drug-likeness (QED) is 0.270. The Balaban J connectivity index is 1.65. The van der Waals surface area contributed by atoms with E-state index in [-0.39, 0.29) is 0 Å². The third kappa shape index (κ3) is 6.56. The van der Waals surface area contributed by atoms with Crippen molar-refractivity contribution < 1.29 is 14.6 Å². The van der Waals surface area contributed by atoms with Crippen molar-refractivity contribution in [3.8, 4) is 17.3 Å². The van der Waals surface area contributed by atoms with E-state index in [4.69, 9.17) is 14.6 Å². The molecule has 3 aromatic rings. The molecule has 0 amide bonds. The molecular weight excluding hydrogens is 426 g/mol. The summed E-state index contributed by atoms with van der Waals surface area (Å²) in [6, 6.07) is 19.9. The second kappa shape index (κ2) is 12.0. The van der Waals surface area contributed by atoms with Crippen LogP contribution in [0.2, 0.25) is 0 Å². The lowest BCUT2D eigenvalue weighted by atomic mass is 10.1. The molecule has 1 aliphatic carbocycles. The minimum Gasteiger partial charge on any atom is -0.439 e. The number of aliphatic hydroxyl groups is 1. The first-order valence-corrected chi connectivity index (χ1v) is 12.2. The van der Waals surface area contributed by atoms with Gasteiger partial charge in [-0.3, -0.25) is 4.90 Å². The topological polar surface area (TPSA) is 59.8 Å². The molecule has 0 aliphatic heterocycles. The van der Waals surface area contributed by atoms with Crippen LogP contribution in [-0.2, 0) is 17.7 Å². The molecule has 1 aliphatic rings. The van der Waals surface area contributed by atoms with E-state index in [1.807, 2.05) is 65.3 Å². The second-order valence-corrected chi connectivity index (χ2v) is 8.86. The lowest BCUT2D eigenvalue weighted by molar-refractivity contribution is 0.0235. The van der Waals surface area contributed by atoms with Gasteiger partial charge in [0, 0.05) is 19.6 Å². The normalized spacial score (nSPS) is 14.3. The van der Waals surface area contributed by atoms with E-state index in [0.29, 0.717) is 32.2 Å². The molecule has 0 spiro atoms. The van der Waals surface area contributed by atoms with Gasteiger partial charge in [-0.15, -0.1) is 6.58 Å². The van der Waals surface area contributed by atoms with Crippen LogP contribution < -0.4 is 4.74 Å². The first-order valence-electron chi connectivity index (χ1n) is 12.2. The fourth-order valence-electron chi connectivity index (χ4n) is 4.10. The fraction of sp³-hybridized carbons (Fsp3) is 0.393. The Morgan fingerprint density at radius 1 is 1.15 bits per heavy atom. The fourth-order valence-corrected chi connectivity index (χ4v) is 4.10. The second-order valence-electron chi connectivity index (χ2n) is 8.86. The molecule has 6 heteroatoms. The highest BCUT2D eigenvalue weighted by molar-refractivity contribution is 5.43. The smallest absolute Gasteiger partial charge is 0.227 e. The summed E-state index contributed by atoms with van der Waals surface area (Å²) in [5.74, 6) is 2.19. The highest BCUT2D eigenvalue weighted by Crippen LogP contribution is 2.34. The van der Waals surface area contributed by atoms with Crippen LogP contribution in [0.1, 0.15) is 31.0 Å². The van der Waals surface area contributed by atoms with Gasteiger partial charge in [-0.05, 0) is 49.4 Å². The number of hydrogen-bond acceptors (Lipinski definition) is 5. The maximum absolute atomic E-state index is 10.6. The summed E-state index contributed by atoms with van der Waals surface area (Å²) in [6.45, 7) is 8.68. The third-order valence-corrected chi connectivity index (χ3v) is 5.92. The molecular formula is C28H35N3O3. The van der Waals surface area contributed by atoms with Crippen molar-refractivity contribution in [2.24, 2.45) is 5.92 Å². The zero-order chi connectivity index (χ0) is 23.8. The lowest BCUT2D eigenvalue weighted by Crippen LogP contribution is -2.36. The number of benzene rings is 2. The Bertz CT molecular complexity index is 1030. The summed E-state index contributed by atoms with van der Waals surface area (Å²) in [5, 5.41) is 15.6. The van der Waals surface area contributed by atoms with E-state index in [9.17, 15) is 5.11 Å². The van der Waals surface area contributed by atoms with Crippen LogP contribution in [0.5, 0.6) is 11.6 Å². The van der Waals surface area contributed by atoms with E-state index in [1.54, 1.807) is 6.08 Å². The predicted octanol–water partition coefficient (Wildman–Crippen LogP) is 5.00. The van der Waals surface area contributed by atoms with Crippen LogP contribution in [0.15, 0.2) is 73.3 Å². The van der Waals surface area contributed by atoms with Crippen molar-refractivity contribution in [1.82, 2.24) is 14.7 Å². The van der Waals surface area contributed by atoms with Crippen molar-refractivity contribution in [1.29, 1.82) is 0 Å². The van der Waals surface area contributed by atoms with Crippen LogP contribution in [0, 0.1) is 5.92 Å². The zero-order valence-corrected chi connectivity index (χ0v) is 20.0. The molecule has 1 N–H and O–H groups in total. The molecule has 180 valence electrons. The van der Waals surface area contributed by atoms with Crippen LogP contribution in [0.25, 0.3) is 5.69 Å². The van der Waals surface area contributed by atoms with Gasteiger partial charge >= 0.3 is 0 Å². The Labute approximate surface area is 202 Å². The first kappa shape index (κ1) is 24.2. The van der Waals surface area contributed by atoms with Crippen molar-refractivity contribution in [2.45, 2.75) is 38.8 Å². The van der Waals surface area contributed by atoms with Gasteiger partial charge < -0.3 is 14.6 Å². The summed E-state index contributed by atoms with van der Waals surface area (Å²) in [6.07, 6.45) is 4.43. The Hall–Kier alpha value is -2.93. The van der Waals surface area contributed by atoms with Gasteiger partial charge in [-0.2, -0.15) is 5.10 Å². The van der Waals surface area contributed by atoms with Gasteiger partial charge in [0.25, 0.3) is 0 Å². The SMILES string of the molecule is C=CCOCC(O)CN(Cc1c(CC)nn(-c2ccccc2)c1Oc1ccccc1)CC1CC1. The average Bonchev–Trinajstić information content (AvgIpc) is 3.61. The lowest BCUT2D eigenvalue weighted by Gasteiger charge is -2.25. The van der Waals surface area contributed by atoms with Crippen LogP contribution in [-0.4, -0.2) is 52.2 Å². The highest BCUT2D eigenvalue weighted by atomic mass is 16.5. The number of aliphatic hydroxyl groups excluding tert-OH is 1. The molecule has 0 radical (unpaired) electrons. The minimum absolute atomic E-state index is 0.296. The van der Waals surface area contributed by atoms with E-state index in [2.05, 4.69) is 18.4 Å². The molecule has 4 rings (SSSR count). The molecule has 1 atom stereocenters. The van der Waals surface area contributed by atoms with Gasteiger partial charge in [0.15, 0.2) is 0 Å². The molecule has 1 heterocycles. The number of ether oxygens (including phenoxy) is 2. The van der Waals surface area contributed by atoms with Gasteiger partial charge in [0.2, 0.25) is 5.88 Å². The Morgan fingerprint density at radius 2 is 1.85 bits per heavy atom. The van der Waals surface area contributed by atoms with E-state index >= 15 is 0 Å². The van der Waals surface area contributed by atoms with Crippen molar-refractivity contribution >= 4 is 0 Å². The molecule has 1 saturated carbocycles. The Morgan fingerprint density at radius 3 is 2.50 bits per heavy atom. The number of para-hydroxylation sites is 2.